The number of ether oxygens (including phenoxy) is 1. The van der Waals surface area contributed by atoms with Crippen LogP contribution in [-0.2, 0) is 13.2 Å². The van der Waals surface area contributed by atoms with E-state index in [1.165, 1.54) is 0 Å². The van der Waals surface area contributed by atoms with E-state index in [1.54, 1.807) is 18.2 Å². The van der Waals surface area contributed by atoms with Crippen molar-refractivity contribution in [2.75, 3.05) is 0 Å². The maximum atomic E-state index is 9.38. The lowest BCUT2D eigenvalue weighted by Gasteiger charge is -2.04. The SMILES string of the molecule is NCc1ccc2[nH]c(COc3cccc(O)c3)cc2c1. The summed E-state index contributed by atoms with van der Waals surface area (Å²) in [4.78, 5) is 3.30. The number of rotatable bonds is 4. The molecule has 4 N–H and O–H groups in total. The van der Waals surface area contributed by atoms with Gasteiger partial charge < -0.3 is 20.6 Å². The van der Waals surface area contributed by atoms with Crippen molar-refractivity contribution in [1.29, 1.82) is 0 Å². The smallest absolute Gasteiger partial charge is 0.128 e. The number of aromatic nitrogens is 1. The van der Waals surface area contributed by atoms with Crippen LogP contribution in [0.3, 0.4) is 0 Å². The Morgan fingerprint density at radius 1 is 1.10 bits per heavy atom. The first kappa shape index (κ1) is 12.6. The highest BCUT2D eigenvalue weighted by atomic mass is 16.5. The molecule has 0 aliphatic rings. The van der Waals surface area contributed by atoms with E-state index in [0.717, 1.165) is 22.2 Å². The van der Waals surface area contributed by atoms with Crippen molar-refractivity contribution >= 4 is 10.9 Å². The molecule has 3 aromatic rings. The van der Waals surface area contributed by atoms with Crippen LogP contribution in [0.25, 0.3) is 10.9 Å². The third-order valence-corrected chi connectivity index (χ3v) is 3.19. The summed E-state index contributed by atoms with van der Waals surface area (Å²) in [6, 6.07) is 14.9. The fraction of sp³-hybridized carbons (Fsp3) is 0.125. The van der Waals surface area contributed by atoms with E-state index in [9.17, 15) is 5.11 Å². The number of benzene rings is 2. The molecule has 1 heterocycles. The highest BCUT2D eigenvalue weighted by Gasteiger charge is 2.03. The van der Waals surface area contributed by atoms with Crippen LogP contribution in [0.15, 0.2) is 48.5 Å². The molecule has 0 saturated heterocycles. The molecule has 20 heavy (non-hydrogen) atoms. The fourth-order valence-corrected chi connectivity index (χ4v) is 2.18. The van der Waals surface area contributed by atoms with Crippen LogP contribution >= 0.6 is 0 Å². The first-order valence-corrected chi connectivity index (χ1v) is 6.47. The second-order valence-electron chi connectivity index (χ2n) is 4.71. The zero-order valence-electron chi connectivity index (χ0n) is 11.0. The molecular formula is C16H16N2O2. The van der Waals surface area contributed by atoms with Crippen molar-refractivity contribution in [3.05, 3.63) is 59.8 Å². The van der Waals surface area contributed by atoms with Gasteiger partial charge in [-0.15, -0.1) is 0 Å². The molecule has 0 fully saturated rings. The minimum Gasteiger partial charge on any atom is -0.508 e. The van der Waals surface area contributed by atoms with Crippen molar-refractivity contribution in [2.45, 2.75) is 13.2 Å². The lowest BCUT2D eigenvalue weighted by atomic mass is 10.1. The molecule has 102 valence electrons. The Hall–Kier alpha value is -2.46. The monoisotopic (exact) mass is 268 g/mol. The fourth-order valence-electron chi connectivity index (χ4n) is 2.18. The summed E-state index contributed by atoms with van der Waals surface area (Å²) in [5.41, 5.74) is 8.80. The Morgan fingerprint density at radius 2 is 2.00 bits per heavy atom. The van der Waals surface area contributed by atoms with Gasteiger partial charge in [-0.25, -0.2) is 0 Å². The summed E-state index contributed by atoms with van der Waals surface area (Å²) >= 11 is 0. The Kier molecular flexibility index (Phi) is 3.31. The number of fused-ring (bicyclic) bond motifs is 1. The van der Waals surface area contributed by atoms with Gasteiger partial charge in [0.05, 0.1) is 5.69 Å². The number of aromatic hydroxyl groups is 1. The van der Waals surface area contributed by atoms with Gasteiger partial charge in [-0.05, 0) is 35.9 Å². The third-order valence-electron chi connectivity index (χ3n) is 3.19. The number of H-pyrrole nitrogens is 1. The van der Waals surface area contributed by atoms with Crippen LogP contribution in [0.4, 0.5) is 0 Å². The largest absolute Gasteiger partial charge is 0.508 e. The van der Waals surface area contributed by atoms with Crippen molar-refractivity contribution in [3.8, 4) is 11.5 Å². The van der Waals surface area contributed by atoms with E-state index in [-0.39, 0.29) is 5.75 Å². The van der Waals surface area contributed by atoms with Crippen LogP contribution in [0, 0.1) is 0 Å². The molecule has 0 aliphatic heterocycles. The first-order valence-electron chi connectivity index (χ1n) is 6.47. The van der Waals surface area contributed by atoms with Gasteiger partial charge in [0.1, 0.15) is 18.1 Å². The molecule has 0 bridgehead atoms. The van der Waals surface area contributed by atoms with Gasteiger partial charge in [0.25, 0.3) is 0 Å². The minimum absolute atomic E-state index is 0.201. The standard InChI is InChI=1S/C16H16N2O2/c17-9-11-4-5-16-12(6-11)7-13(18-16)10-20-15-3-1-2-14(19)8-15/h1-8,18-19H,9-10,17H2. The lowest BCUT2D eigenvalue weighted by Crippen LogP contribution is -1.95. The summed E-state index contributed by atoms with van der Waals surface area (Å²) < 4.78 is 5.64. The van der Waals surface area contributed by atoms with E-state index in [4.69, 9.17) is 10.5 Å². The van der Waals surface area contributed by atoms with Crippen molar-refractivity contribution in [1.82, 2.24) is 4.98 Å². The van der Waals surface area contributed by atoms with Crippen molar-refractivity contribution in [3.63, 3.8) is 0 Å². The van der Waals surface area contributed by atoms with Crippen LogP contribution in [0.2, 0.25) is 0 Å². The first-order chi connectivity index (χ1) is 9.74. The van der Waals surface area contributed by atoms with Gasteiger partial charge in [0.2, 0.25) is 0 Å². The Bertz CT molecular complexity index is 734. The summed E-state index contributed by atoms with van der Waals surface area (Å²) in [6.45, 7) is 0.965. The molecule has 2 aromatic carbocycles. The van der Waals surface area contributed by atoms with Gasteiger partial charge >= 0.3 is 0 Å². The van der Waals surface area contributed by atoms with Crippen LogP contribution < -0.4 is 10.5 Å². The van der Waals surface area contributed by atoms with Crippen molar-refractivity contribution < 1.29 is 9.84 Å². The molecule has 4 nitrogen and oxygen atoms in total. The number of phenols is 1. The zero-order chi connectivity index (χ0) is 13.9. The predicted octanol–water partition coefficient (Wildman–Crippen LogP) is 2.91. The molecule has 0 amide bonds. The molecule has 0 spiro atoms. The second-order valence-corrected chi connectivity index (χ2v) is 4.71. The molecule has 0 radical (unpaired) electrons. The molecule has 0 unspecified atom stereocenters. The number of aromatic amines is 1. The van der Waals surface area contributed by atoms with Gasteiger partial charge in [0, 0.05) is 23.5 Å². The number of hydrogen-bond donors (Lipinski definition) is 3. The molecule has 0 atom stereocenters. The highest BCUT2D eigenvalue weighted by Crippen LogP contribution is 2.21. The van der Waals surface area contributed by atoms with Gasteiger partial charge in [-0.1, -0.05) is 12.1 Å². The number of nitrogens with two attached hydrogens (primary N) is 1. The molecule has 3 rings (SSSR count). The quantitative estimate of drug-likeness (QED) is 0.681. The topological polar surface area (TPSA) is 71.3 Å². The maximum absolute atomic E-state index is 9.38. The maximum Gasteiger partial charge on any atom is 0.128 e. The Balaban J connectivity index is 1.77. The van der Waals surface area contributed by atoms with Gasteiger partial charge in [-0.3, -0.25) is 0 Å². The van der Waals surface area contributed by atoms with E-state index in [0.29, 0.717) is 18.9 Å². The number of phenolic OH excluding ortho intramolecular Hbond substituents is 1. The summed E-state index contributed by atoms with van der Waals surface area (Å²) in [5, 5.41) is 10.5. The highest BCUT2D eigenvalue weighted by molar-refractivity contribution is 5.81. The van der Waals surface area contributed by atoms with E-state index < -0.39 is 0 Å². The minimum atomic E-state index is 0.201. The summed E-state index contributed by atoms with van der Waals surface area (Å²) in [5.74, 6) is 0.845. The Labute approximate surface area is 116 Å². The van der Waals surface area contributed by atoms with Gasteiger partial charge in [0.15, 0.2) is 0 Å². The molecular weight excluding hydrogens is 252 g/mol. The molecule has 0 saturated carbocycles. The number of hydrogen-bond acceptors (Lipinski definition) is 3. The van der Waals surface area contributed by atoms with E-state index in [2.05, 4.69) is 17.1 Å². The normalized spacial score (nSPS) is 10.8. The average molecular weight is 268 g/mol. The second kappa shape index (κ2) is 5.27. The molecule has 0 aliphatic carbocycles. The summed E-state index contributed by atoms with van der Waals surface area (Å²) in [6.07, 6.45) is 0. The number of nitrogens with one attached hydrogen (secondary N) is 1. The van der Waals surface area contributed by atoms with Gasteiger partial charge in [-0.2, -0.15) is 0 Å². The van der Waals surface area contributed by atoms with E-state index >= 15 is 0 Å². The van der Waals surface area contributed by atoms with Crippen LogP contribution in [0.5, 0.6) is 11.5 Å². The zero-order valence-corrected chi connectivity index (χ0v) is 11.0. The predicted molar refractivity (Wildman–Crippen MR) is 78.6 cm³/mol. The average Bonchev–Trinajstić information content (AvgIpc) is 2.87. The van der Waals surface area contributed by atoms with Crippen molar-refractivity contribution in [2.24, 2.45) is 5.73 Å². The third kappa shape index (κ3) is 2.60. The van der Waals surface area contributed by atoms with E-state index in [1.807, 2.05) is 18.2 Å². The van der Waals surface area contributed by atoms with Crippen LogP contribution in [-0.4, -0.2) is 10.1 Å². The Morgan fingerprint density at radius 3 is 2.80 bits per heavy atom. The summed E-state index contributed by atoms with van der Waals surface area (Å²) in [7, 11) is 0. The van der Waals surface area contributed by atoms with Crippen LogP contribution in [0.1, 0.15) is 11.3 Å². The molecule has 1 aromatic heterocycles. The lowest BCUT2D eigenvalue weighted by molar-refractivity contribution is 0.300. The molecule has 4 heteroatoms.